The minimum absolute atomic E-state index is 0.0233. The van der Waals surface area contributed by atoms with Crippen molar-refractivity contribution >= 4 is 12.0 Å². The molecule has 0 unspecified atom stereocenters. The van der Waals surface area contributed by atoms with Gasteiger partial charge in [-0.15, -0.1) is 4.33 Å². The Hall–Kier alpha value is -0.960. The zero-order chi connectivity index (χ0) is 21.0. The van der Waals surface area contributed by atoms with Crippen LogP contribution in [0, 0.1) is 40.6 Å². The highest BCUT2D eigenvalue weighted by Gasteiger charge is 2.51. The summed E-state index contributed by atoms with van der Waals surface area (Å²) >= 11 is 0.0744. The fourth-order valence-corrected chi connectivity index (χ4v) is 6.67. The highest BCUT2D eigenvalue weighted by molar-refractivity contribution is 7.94. The summed E-state index contributed by atoms with van der Waals surface area (Å²) in [6, 6.07) is 0. The third kappa shape index (κ3) is 3.89. The number of ether oxygens (including phenoxy) is 1. The van der Waals surface area contributed by atoms with E-state index < -0.39 is 27.8 Å². The number of hydrogen-bond donors (Lipinski definition) is 1. The average Bonchev–Trinajstić information content (AvgIpc) is 2.61. The molecule has 1 N–H and O–H groups in total. The van der Waals surface area contributed by atoms with Gasteiger partial charge in [-0.2, -0.15) is 4.39 Å². The number of hydrogen-bond acceptors (Lipinski definition) is 5. The van der Waals surface area contributed by atoms with Crippen LogP contribution in [0.1, 0.15) is 64.9 Å². The van der Waals surface area contributed by atoms with Crippen LogP contribution >= 0.6 is 12.0 Å². The molecule has 5 rings (SSSR count). The maximum Gasteiger partial charge on any atom is 0.202 e. The molecule has 4 aliphatic carbocycles. The van der Waals surface area contributed by atoms with Gasteiger partial charge in [-0.3, -0.25) is 0 Å². The Kier molecular flexibility index (Phi) is 5.59. The Morgan fingerprint density at radius 1 is 0.966 bits per heavy atom. The zero-order valence-corrected chi connectivity index (χ0v) is 17.7. The van der Waals surface area contributed by atoms with Crippen LogP contribution in [-0.2, 0) is 14.8 Å². The third-order valence-corrected chi connectivity index (χ3v) is 7.48. The van der Waals surface area contributed by atoms with Gasteiger partial charge in [0.25, 0.3) is 0 Å². The summed E-state index contributed by atoms with van der Waals surface area (Å²) in [7, 11) is 0. The molecular weight excluding hydrogens is 405 g/mol. The molecule has 4 fully saturated rings. The van der Waals surface area contributed by atoms with Crippen LogP contribution in [0.4, 0.5) is 13.2 Å². The van der Waals surface area contributed by atoms with Gasteiger partial charge in [0.15, 0.2) is 11.6 Å². The minimum Gasteiger partial charge on any atom is -0.489 e. The standard InChI is InChI=1S/C21H27F3O4S/c1-20(2,3)14-15(22)19(29-28-27-25)17(24)16(23)18(14)26-10-21-7-11-4-12(8-21)6-13(5-11)9-21/h11-13,25H,4-10H2,1-3H3. The number of rotatable bonds is 6. The molecule has 4 nitrogen and oxygen atoms in total. The Bertz CT molecular complexity index is 758. The van der Waals surface area contributed by atoms with Crippen LogP contribution in [0.5, 0.6) is 5.75 Å². The van der Waals surface area contributed by atoms with Gasteiger partial charge in [-0.1, -0.05) is 25.8 Å². The first-order chi connectivity index (χ1) is 13.6. The van der Waals surface area contributed by atoms with Crippen LogP contribution in [-0.4, -0.2) is 11.9 Å². The Labute approximate surface area is 173 Å². The van der Waals surface area contributed by atoms with Gasteiger partial charge >= 0.3 is 0 Å². The van der Waals surface area contributed by atoms with Crippen LogP contribution < -0.4 is 4.74 Å². The van der Waals surface area contributed by atoms with E-state index in [-0.39, 0.29) is 35.4 Å². The molecule has 0 saturated heterocycles. The maximum atomic E-state index is 15.2. The van der Waals surface area contributed by atoms with E-state index in [9.17, 15) is 8.78 Å². The summed E-state index contributed by atoms with van der Waals surface area (Å²) in [4.78, 5) is -0.719. The predicted octanol–water partition coefficient (Wildman–Crippen LogP) is 6.42. The summed E-state index contributed by atoms with van der Waals surface area (Å²) in [5.74, 6) is -1.92. The van der Waals surface area contributed by atoms with Crippen molar-refractivity contribution in [1.29, 1.82) is 0 Å². The monoisotopic (exact) mass is 432 g/mol. The SMILES string of the molecule is CC(C)(C)c1c(F)c(SOOO)c(F)c(F)c1OCC12CC3CC(CC(C3)C1)C2. The van der Waals surface area contributed by atoms with Crippen molar-refractivity contribution < 1.29 is 32.5 Å². The van der Waals surface area contributed by atoms with Crippen LogP contribution in [0.15, 0.2) is 4.90 Å². The van der Waals surface area contributed by atoms with Crippen molar-refractivity contribution in [2.45, 2.75) is 69.6 Å². The van der Waals surface area contributed by atoms with E-state index in [0.29, 0.717) is 17.8 Å². The molecule has 1 aromatic carbocycles. The van der Waals surface area contributed by atoms with E-state index in [4.69, 9.17) is 9.99 Å². The van der Waals surface area contributed by atoms with Crippen LogP contribution in [0.25, 0.3) is 0 Å². The van der Waals surface area contributed by atoms with Gasteiger partial charge < -0.3 is 4.74 Å². The number of benzene rings is 1. The van der Waals surface area contributed by atoms with Crippen molar-refractivity contribution in [2.24, 2.45) is 23.2 Å². The zero-order valence-electron chi connectivity index (χ0n) is 16.9. The lowest BCUT2D eigenvalue weighted by atomic mass is 9.50. The largest absolute Gasteiger partial charge is 0.489 e. The lowest BCUT2D eigenvalue weighted by Crippen LogP contribution is -2.48. The third-order valence-electron chi connectivity index (χ3n) is 6.82. The van der Waals surface area contributed by atoms with Gasteiger partial charge in [0.2, 0.25) is 5.82 Å². The van der Waals surface area contributed by atoms with E-state index in [2.05, 4.69) is 9.37 Å². The molecule has 4 bridgehead atoms. The Balaban J connectivity index is 1.66. The topological polar surface area (TPSA) is 47.9 Å². The molecule has 0 radical (unpaired) electrons. The second kappa shape index (κ2) is 7.62. The quantitative estimate of drug-likeness (QED) is 0.243. The second-order valence-corrected chi connectivity index (χ2v) is 10.9. The van der Waals surface area contributed by atoms with Crippen molar-refractivity contribution in [2.75, 3.05) is 6.61 Å². The van der Waals surface area contributed by atoms with Crippen molar-refractivity contribution in [3.05, 3.63) is 23.0 Å². The molecule has 1 aromatic rings. The summed E-state index contributed by atoms with van der Waals surface area (Å²) in [5, 5.41) is 11.7. The molecule has 29 heavy (non-hydrogen) atoms. The molecule has 0 aliphatic heterocycles. The molecular formula is C21H27F3O4S. The van der Waals surface area contributed by atoms with E-state index >= 15 is 4.39 Å². The normalized spacial score (nSPS) is 30.8. The lowest BCUT2D eigenvalue weighted by molar-refractivity contribution is -0.432. The van der Waals surface area contributed by atoms with Crippen LogP contribution in [0.3, 0.4) is 0 Å². The fraction of sp³-hybridized carbons (Fsp3) is 0.714. The summed E-state index contributed by atoms with van der Waals surface area (Å²) in [6.45, 7) is 5.40. The van der Waals surface area contributed by atoms with Gasteiger partial charge in [-0.25, -0.2) is 14.0 Å². The van der Waals surface area contributed by atoms with Gasteiger partial charge in [-0.05, 0) is 61.7 Å². The molecule has 4 aliphatic rings. The fourth-order valence-electron chi connectivity index (χ4n) is 6.24. The number of halogens is 3. The maximum absolute atomic E-state index is 15.2. The average molecular weight is 433 g/mol. The molecule has 4 saturated carbocycles. The predicted molar refractivity (Wildman–Crippen MR) is 102 cm³/mol. The molecule has 0 amide bonds. The molecule has 0 aromatic heterocycles. The second-order valence-electron chi connectivity index (χ2n) is 10.2. The van der Waals surface area contributed by atoms with Crippen molar-refractivity contribution in [1.82, 2.24) is 0 Å². The smallest absolute Gasteiger partial charge is 0.202 e. The lowest BCUT2D eigenvalue weighted by Gasteiger charge is -2.56. The van der Waals surface area contributed by atoms with Crippen molar-refractivity contribution in [3.63, 3.8) is 0 Å². The van der Waals surface area contributed by atoms with Crippen LogP contribution in [0.2, 0.25) is 0 Å². The molecule has 0 atom stereocenters. The molecule has 0 heterocycles. The van der Waals surface area contributed by atoms with Gasteiger partial charge in [0, 0.05) is 11.0 Å². The first-order valence-electron chi connectivity index (χ1n) is 10.1. The van der Waals surface area contributed by atoms with E-state index in [1.807, 2.05) is 0 Å². The first kappa shape index (κ1) is 21.3. The first-order valence-corrected chi connectivity index (χ1v) is 10.9. The Morgan fingerprint density at radius 3 is 2.00 bits per heavy atom. The summed E-state index contributed by atoms with van der Waals surface area (Å²) < 4.78 is 54.8. The van der Waals surface area contributed by atoms with Crippen molar-refractivity contribution in [3.8, 4) is 5.75 Å². The van der Waals surface area contributed by atoms with E-state index in [0.717, 1.165) is 19.3 Å². The highest BCUT2D eigenvalue weighted by Crippen LogP contribution is 2.60. The molecule has 8 heteroatoms. The highest BCUT2D eigenvalue weighted by atomic mass is 32.2. The van der Waals surface area contributed by atoms with Gasteiger partial charge in [0.1, 0.15) is 10.7 Å². The summed E-state index contributed by atoms with van der Waals surface area (Å²) in [5.41, 5.74) is -0.916. The minimum atomic E-state index is -1.42. The van der Waals surface area contributed by atoms with Gasteiger partial charge in [0.05, 0.1) is 18.6 Å². The molecule has 0 spiro atoms. The summed E-state index contributed by atoms with van der Waals surface area (Å²) in [6.07, 6.45) is 6.94. The molecule has 162 valence electrons. The van der Waals surface area contributed by atoms with E-state index in [1.54, 1.807) is 20.8 Å². The van der Waals surface area contributed by atoms with E-state index in [1.165, 1.54) is 19.3 Å². The Morgan fingerprint density at radius 2 is 1.52 bits per heavy atom.